The van der Waals surface area contributed by atoms with Crippen LogP contribution in [0.3, 0.4) is 0 Å². The number of unbranched alkanes of at least 4 members (excludes halogenated alkanes) is 5. The molecule has 11 heteroatoms. The van der Waals surface area contributed by atoms with Gasteiger partial charge in [-0.15, -0.1) is 0 Å². The van der Waals surface area contributed by atoms with E-state index in [-0.39, 0.29) is 0 Å². The molecule has 46 heavy (non-hydrogen) atoms. The molecular formula is C35H64O11. The van der Waals surface area contributed by atoms with Gasteiger partial charge in [0.15, 0.2) is 0 Å². The third-order valence-corrected chi connectivity index (χ3v) is 6.47. The third kappa shape index (κ3) is 34.1. The Morgan fingerprint density at radius 2 is 0.587 bits per heavy atom. The molecule has 0 saturated carbocycles. The second kappa shape index (κ2) is 38.2. The molecular weight excluding hydrogens is 596 g/mol. The van der Waals surface area contributed by atoms with Gasteiger partial charge in [0, 0.05) is 6.61 Å². The lowest BCUT2D eigenvalue weighted by atomic mass is 10.1. The van der Waals surface area contributed by atoms with Gasteiger partial charge in [0.2, 0.25) is 0 Å². The Bertz CT molecular complexity index is 684. The molecule has 0 aliphatic rings. The maximum absolute atomic E-state index is 5.59. The molecule has 1 aromatic rings. The van der Waals surface area contributed by atoms with Crippen molar-refractivity contribution in [1.29, 1.82) is 0 Å². The summed E-state index contributed by atoms with van der Waals surface area (Å²) in [6.07, 6.45) is 7.69. The zero-order valence-corrected chi connectivity index (χ0v) is 28.7. The van der Waals surface area contributed by atoms with E-state index in [0.717, 1.165) is 18.6 Å². The maximum atomic E-state index is 5.59. The molecule has 0 aliphatic heterocycles. The van der Waals surface area contributed by atoms with Gasteiger partial charge in [0.25, 0.3) is 0 Å². The summed E-state index contributed by atoms with van der Waals surface area (Å²) in [7, 11) is 0. The van der Waals surface area contributed by atoms with Crippen LogP contribution in [0.4, 0.5) is 0 Å². The zero-order chi connectivity index (χ0) is 32.7. The average molecular weight is 661 g/mol. The summed E-state index contributed by atoms with van der Waals surface area (Å²) in [6.45, 7) is 14.6. The van der Waals surface area contributed by atoms with Crippen molar-refractivity contribution in [3.8, 4) is 0 Å². The van der Waals surface area contributed by atoms with Gasteiger partial charge in [-0.2, -0.15) is 0 Å². The molecule has 0 saturated heterocycles. The second-order valence-electron chi connectivity index (χ2n) is 10.4. The van der Waals surface area contributed by atoms with E-state index in [1.54, 1.807) is 0 Å². The minimum absolute atomic E-state index is 0.521. The van der Waals surface area contributed by atoms with Gasteiger partial charge < -0.3 is 52.1 Å². The van der Waals surface area contributed by atoms with Crippen LogP contribution in [-0.4, -0.2) is 139 Å². The molecule has 0 fully saturated rings. The molecule has 0 atom stereocenters. The van der Waals surface area contributed by atoms with Crippen molar-refractivity contribution in [3.05, 3.63) is 35.9 Å². The monoisotopic (exact) mass is 660 g/mol. The van der Waals surface area contributed by atoms with Crippen molar-refractivity contribution in [2.45, 2.75) is 52.1 Å². The van der Waals surface area contributed by atoms with Crippen LogP contribution < -0.4 is 0 Å². The lowest BCUT2D eigenvalue weighted by Crippen LogP contribution is -2.15. The quantitative estimate of drug-likeness (QED) is 0.0917. The van der Waals surface area contributed by atoms with Crippen LogP contribution in [0.2, 0.25) is 0 Å². The highest BCUT2D eigenvalue weighted by atomic mass is 16.6. The Morgan fingerprint density at radius 1 is 0.304 bits per heavy atom. The summed E-state index contributed by atoms with van der Waals surface area (Å²) in [5.41, 5.74) is 1.16. The first-order chi connectivity index (χ1) is 22.9. The standard InChI is InChI=1S/C35H64O11/c1-2-3-4-5-6-10-13-36-14-15-37-16-17-38-18-19-39-20-21-40-22-23-41-24-25-42-26-27-43-28-29-44-30-31-45-32-33-46-34-35-11-8-7-9-12-35/h7-9,11-12H,2-6,10,13-34H2,1H3. The molecule has 1 aromatic carbocycles. The highest BCUT2D eigenvalue weighted by Crippen LogP contribution is 2.05. The molecule has 1 rings (SSSR count). The molecule has 0 radical (unpaired) electrons. The van der Waals surface area contributed by atoms with Crippen LogP contribution in [-0.2, 0) is 58.7 Å². The van der Waals surface area contributed by atoms with Gasteiger partial charge in [-0.1, -0.05) is 69.4 Å². The highest BCUT2D eigenvalue weighted by molar-refractivity contribution is 5.13. The largest absolute Gasteiger partial charge is 0.379 e. The number of rotatable bonds is 39. The van der Waals surface area contributed by atoms with E-state index in [1.807, 2.05) is 30.3 Å². The number of hydrogen-bond donors (Lipinski definition) is 0. The number of benzene rings is 1. The summed E-state index contributed by atoms with van der Waals surface area (Å²) in [6, 6.07) is 10.1. The summed E-state index contributed by atoms with van der Waals surface area (Å²) in [5, 5.41) is 0. The summed E-state index contributed by atoms with van der Waals surface area (Å²) in [4.78, 5) is 0. The van der Waals surface area contributed by atoms with Gasteiger partial charge in [-0.3, -0.25) is 0 Å². The maximum Gasteiger partial charge on any atom is 0.0718 e. The molecule has 270 valence electrons. The first-order valence-electron chi connectivity index (χ1n) is 17.3. The first-order valence-corrected chi connectivity index (χ1v) is 17.3. The van der Waals surface area contributed by atoms with Crippen molar-refractivity contribution in [1.82, 2.24) is 0 Å². The smallest absolute Gasteiger partial charge is 0.0718 e. The van der Waals surface area contributed by atoms with Crippen LogP contribution in [0.1, 0.15) is 51.0 Å². The van der Waals surface area contributed by atoms with Crippen molar-refractivity contribution < 1.29 is 52.1 Å². The molecule has 0 N–H and O–H groups in total. The lowest BCUT2D eigenvalue weighted by Gasteiger charge is -2.09. The first kappa shape index (κ1) is 42.8. The average Bonchev–Trinajstić information content (AvgIpc) is 3.08. The normalized spacial score (nSPS) is 11.5. The predicted molar refractivity (Wildman–Crippen MR) is 178 cm³/mol. The highest BCUT2D eigenvalue weighted by Gasteiger charge is 1.97. The summed E-state index contributed by atoms with van der Waals surface area (Å²) in [5.74, 6) is 0. The fourth-order valence-corrected chi connectivity index (χ4v) is 3.95. The van der Waals surface area contributed by atoms with E-state index in [2.05, 4.69) is 6.92 Å². The predicted octanol–water partition coefficient (Wildman–Crippen LogP) is 4.73. The summed E-state index contributed by atoms with van der Waals surface area (Å²) >= 11 is 0. The summed E-state index contributed by atoms with van der Waals surface area (Å²) < 4.78 is 60.6. The molecule has 0 amide bonds. The van der Waals surface area contributed by atoms with E-state index in [0.29, 0.717) is 139 Å². The Kier molecular flexibility index (Phi) is 35.6. The van der Waals surface area contributed by atoms with Gasteiger partial charge in [-0.05, 0) is 12.0 Å². The fraction of sp³-hybridized carbons (Fsp3) is 0.829. The zero-order valence-electron chi connectivity index (χ0n) is 28.7. The Labute approximate surface area is 278 Å². The van der Waals surface area contributed by atoms with Crippen molar-refractivity contribution in [2.24, 2.45) is 0 Å². The van der Waals surface area contributed by atoms with Crippen LogP contribution in [0.25, 0.3) is 0 Å². The van der Waals surface area contributed by atoms with Crippen LogP contribution in [0.15, 0.2) is 30.3 Å². The number of hydrogen-bond acceptors (Lipinski definition) is 11. The third-order valence-electron chi connectivity index (χ3n) is 6.47. The van der Waals surface area contributed by atoms with Crippen LogP contribution >= 0.6 is 0 Å². The van der Waals surface area contributed by atoms with Crippen molar-refractivity contribution in [3.63, 3.8) is 0 Å². The molecule has 0 aromatic heterocycles. The minimum atomic E-state index is 0.521. The van der Waals surface area contributed by atoms with E-state index in [4.69, 9.17) is 52.1 Å². The molecule has 0 spiro atoms. The molecule has 0 bridgehead atoms. The second-order valence-corrected chi connectivity index (χ2v) is 10.4. The van der Waals surface area contributed by atoms with Gasteiger partial charge in [0.05, 0.1) is 139 Å². The van der Waals surface area contributed by atoms with E-state index < -0.39 is 0 Å². The molecule has 0 aliphatic carbocycles. The Morgan fingerprint density at radius 3 is 0.935 bits per heavy atom. The fourth-order valence-electron chi connectivity index (χ4n) is 3.95. The van der Waals surface area contributed by atoms with Crippen molar-refractivity contribution in [2.75, 3.05) is 139 Å². The topological polar surface area (TPSA) is 102 Å². The van der Waals surface area contributed by atoms with E-state index in [9.17, 15) is 0 Å². The van der Waals surface area contributed by atoms with Crippen molar-refractivity contribution >= 4 is 0 Å². The SMILES string of the molecule is CCCCCCCCOCCOCCOCCOCCOCCOCCOCCOCCOCCOCCOCc1ccccc1. The van der Waals surface area contributed by atoms with Crippen LogP contribution in [0, 0.1) is 0 Å². The molecule has 11 nitrogen and oxygen atoms in total. The Hall–Kier alpha value is -1.22. The van der Waals surface area contributed by atoms with E-state index in [1.165, 1.54) is 32.1 Å². The van der Waals surface area contributed by atoms with Gasteiger partial charge in [0.1, 0.15) is 0 Å². The van der Waals surface area contributed by atoms with Gasteiger partial charge in [-0.25, -0.2) is 0 Å². The molecule has 0 heterocycles. The minimum Gasteiger partial charge on any atom is -0.379 e. The van der Waals surface area contributed by atoms with E-state index >= 15 is 0 Å². The van der Waals surface area contributed by atoms with Crippen LogP contribution in [0.5, 0.6) is 0 Å². The lowest BCUT2D eigenvalue weighted by molar-refractivity contribution is -0.0277. The number of ether oxygens (including phenoxy) is 11. The molecule has 0 unspecified atom stereocenters. The van der Waals surface area contributed by atoms with Gasteiger partial charge >= 0.3 is 0 Å². The Balaban J connectivity index is 1.61.